The Morgan fingerprint density at radius 3 is 2.42 bits per heavy atom. The van der Waals surface area contributed by atoms with Crippen molar-refractivity contribution in [2.45, 2.75) is 17.1 Å². The molecule has 0 unspecified atom stereocenters. The van der Waals surface area contributed by atoms with Crippen molar-refractivity contribution in [2.75, 3.05) is 0 Å². The number of aromatic amines is 1. The number of hydrogen-bond acceptors (Lipinski definition) is 3. The number of thioether (sulfide) groups is 1. The van der Waals surface area contributed by atoms with Crippen LogP contribution < -0.4 is 0 Å². The summed E-state index contributed by atoms with van der Waals surface area (Å²) in [7, 11) is 0. The Morgan fingerprint density at radius 1 is 0.923 bits per heavy atom. The fourth-order valence-corrected chi connectivity index (χ4v) is 3.73. The molecule has 0 amide bonds. The van der Waals surface area contributed by atoms with Gasteiger partial charge in [-0.05, 0) is 23.8 Å². The van der Waals surface area contributed by atoms with Crippen molar-refractivity contribution in [1.82, 2.24) is 9.97 Å². The van der Waals surface area contributed by atoms with Gasteiger partial charge >= 0.3 is 0 Å². The molecule has 4 heteroatoms. The molecule has 0 spiro atoms. The summed E-state index contributed by atoms with van der Waals surface area (Å²) < 4.78 is 0. The molecule has 26 heavy (non-hydrogen) atoms. The number of ketones is 1. The smallest absolute Gasteiger partial charge is 0.170 e. The molecule has 0 aliphatic carbocycles. The van der Waals surface area contributed by atoms with Gasteiger partial charge in [0.2, 0.25) is 0 Å². The summed E-state index contributed by atoms with van der Waals surface area (Å²) in [5, 5.41) is 0. The van der Waals surface area contributed by atoms with Crippen molar-refractivity contribution in [3.63, 3.8) is 0 Å². The number of Topliss-reactive ketones (excluding diaryl/α,β-unsaturated/α-hetero) is 1. The monoisotopic (exact) mass is 358 g/mol. The Labute approximate surface area is 156 Å². The highest BCUT2D eigenvalue weighted by Crippen LogP contribution is 2.26. The molecule has 0 atom stereocenters. The van der Waals surface area contributed by atoms with Crippen LogP contribution in [-0.2, 0) is 12.2 Å². The van der Waals surface area contributed by atoms with E-state index in [1.54, 1.807) is 11.8 Å². The first-order valence-corrected chi connectivity index (χ1v) is 9.50. The Morgan fingerprint density at radius 2 is 1.65 bits per heavy atom. The topological polar surface area (TPSA) is 45.8 Å². The summed E-state index contributed by atoms with van der Waals surface area (Å²) in [4.78, 5) is 21.4. The summed E-state index contributed by atoms with van der Waals surface area (Å²) in [6, 6.07) is 26.0. The van der Waals surface area contributed by atoms with Gasteiger partial charge in [0.25, 0.3) is 0 Å². The minimum atomic E-state index is 0.0725. The SMILES string of the molecule is O=C(Cc1nc2ccc(SCc3ccccc3)cc2[nH]1)c1ccccc1. The second kappa shape index (κ2) is 7.58. The second-order valence-electron chi connectivity index (χ2n) is 6.10. The minimum Gasteiger partial charge on any atom is -0.342 e. The third kappa shape index (κ3) is 3.86. The van der Waals surface area contributed by atoms with Crippen LogP contribution in [0.2, 0.25) is 0 Å². The molecule has 0 aliphatic rings. The number of nitrogens with one attached hydrogen (secondary N) is 1. The number of imidazole rings is 1. The summed E-state index contributed by atoms with van der Waals surface area (Å²) >= 11 is 1.79. The summed E-state index contributed by atoms with van der Waals surface area (Å²) in [5.74, 6) is 1.71. The van der Waals surface area contributed by atoms with Crippen LogP contribution in [0.25, 0.3) is 11.0 Å². The zero-order valence-electron chi connectivity index (χ0n) is 14.2. The molecular formula is C22H18N2OS. The fourth-order valence-electron chi connectivity index (χ4n) is 2.83. The quantitative estimate of drug-likeness (QED) is 0.377. The zero-order chi connectivity index (χ0) is 17.8. The molecule has 1 heterocycles. The van der Waals surface area contributed by atoms with Crippen molar-refractivity contribution in [3.05, 3.63) is 95.8 Å². The van der Waals surface area contributed by atoms with E-state index in [4.69, 9.17) is 0 Å². The van der Waals surface area contributed by atoms with Crippen molar-refractivity contribution in [3.8, 4) is 0 Å². The predicted molar refractivity (Wildman–Crippen MR) is 107 cm³/mol. The number of carbonyl (C=O) groups excluding carboxylic acids is 1. The highest BCUT2D eigenvalue weighted by Gasteiger charge is 2.10. The van der Waals surface area contributed by atoms with Crippen LogP contribution in [0.3, 0.4) is 0 Å². The minimum absolute atomic E-state index is 0.0725. The van der Waals surface area contributed by atoms with Crippen LogP contribution >= 0.6 is 11.8 Å². The molecule has 0 radical (unpaired) electrons. The largest absolute Gasteiger partial charge is 0.342 e. The third-order valence-corrected chi connectivity index (χ3v) is 5.24. The van der Waals surface area contributed by atoms with Gasteiger partial charge in [-0.25, -0.2) is 4.98 Å². The summed E-state index contributed by atoms with van der Waals surface area (Å²) in [6.45, 7) is 0. The lowest BCUT2D eigenvalue weighted by molar-refractivity contribution is 0.0991. The Bertz CT molecular complexity index is 1030. The molecule has 0 fully saturated rings. The Balaban J connectivity index is 1.48. The molecule has 4 rings (SSSR count). The maximum absolute atomic E-state index is 12.4. The highest BCUT2D eigenvalue weighted by molar-refractivity contribution is 7.98. The van der Waals surface area contributed by atoms with Crippen LogP contribution in [-0.4, -0.2) is 15.8 Å². The maximum atomic E-state index is 12.4. The summed E-state index contributed by atoms with van der Waals surface area (Å²) in [6.07, 6.45) is 0.283. The van der Waals surface area contributed by atoms with Crippen molar-refractivity contribution in [2.24, 2.45) is 0 Å². The predicted octanol–water partition coefficient (Wildman–Crippen LogP) is 5.28. The van der Waals surface area contributed by atoms with Gasteiger partial charge in [0.1, 0.15) is 5.82 Å². The molecule has 0 saturated heterocycles. The van der Waals surface area contributed by atoms with Gasteiger partial charge in [-0.3, -0.25) is 4.79 Å². The van der Waals surface area contributed by atoms with E-state index in [2.05, 4.69) is 46.4 Å². The van der Waals surface area contributed by atoms with E-state index in [1.807, 2.05) is 42.5 Å². The normalized spacial score (nSPS) is 10.9. The third-order valence-electron chi connectivity index (χ3n) is 4.17. The number of H-pyrrole nitrogens is 1. The number of hydrogen-bond donors (Lipinski definition) is 1. The Kier molecular flexibility index (Phi) is 4.84. The lowest BCUT2D eigenvalue weighted by Crippen LogP contribution is -2.04. The first kappa shape index (κ1) is 16.6. The van der Waals surface area contributed by atoms with Gasteiger partial charge in [-0.2, -0.15) is 0 Å². The van der Waals surface area contributed by atoms with E-state index in [-0.39, 0.29) is 12.2 Å². The highest BCUT2D eigenvalue weighted by atomic mass is 32.2. The van der Waals surface area contributed by atoms with Crippen LogP contribution in [0.1, 0.15) is 21.7 Å². The van der Waals surface area contributed by atoms with E-state index >= 15 is 0 Å². The number of aromatic nitrogens is 2. The lowest BCUT2D eigenvalue weighted by Gasteiger charge is -2.01. The van der Waals surface area contributed by atoms with Crippen molar-refractivity contribution in [1.29, 1.82) is 0 Å². The molecule has 0 aliphatic heterocycles. The molecule has 1 aromatic heterocycles. The van der Waals surface area contributed by atoms with Gasteiger partial charge in [0.15, 0.2) is 5.78 Å². The van der Waals surface area contributed by atoms with Gasteiger partial charge in [0.05, 0.1) is 17.5 Å². The average Bonchev–Trinajstić information content (AvgIpc) is 3.09. The van der Waals surface area contributed by atoms with Crippen LogP contribution in [0.4, 0.5) is 0 Å². The van der Waals surface area contributed by atoms with Crippen molar-refractivity contribution < 1.29 is 4.79 Å². The van der Waals surface area contributed by atoms with Gasteiger partial charge < -0.3 is 4.98 Å². The molecule has 3 nitrogen and oxygen atoms in total. The molecule has 1 N–H and O–H groups in total. The standard InChI is InChI=1S/C22H18N2OS/c25-21(17-9-5-2-6-10-17)14-22-23-19-12-11-18(13-20(19)24-22)26-15-16-7-3-1-4-8-16/h1-13H,14-15H2,(H,23,24). The number of benzene rings is 3. The molecule has 128 valence electrons. The van der Waals surface area contributed by atoms with Crippen molar-refractivity contribution >= 4 is 28.6 Å². The van der Waals surface area contributed by atoms with Crippen LogP contribution in [0, 0.1) is 0 Å². The number of rotatable bonds is 6. The zero-order valence-corrected chi connectivity index (χ0v) is 15.0. The van der Waals surface area contributed by atoms with E-state index in [9.17, 15) is 4.79 Å². The molecule has 0 saturated carbocycles. The first-order chi connectivity index (χ1) is 12.8. The number of nitrogens with zero attached hydrogens (tertiary/aromatic N) is 1. The number of fused-ring (bicyclic) bond motifs is 1. The van der Waals surface area contributed by atoms with Crippen LogP contribution in [0.5, 0.6) is 0 Å². The van der Waals surface area contributed by atoms with Gasteiger partial charge in [0, 0.05) is 16.2 Å². The Hall–Kier alpha value is -2.85. The molecule has 3 aromatic carbocycles. The first-order valence-electron chi connectivity index (χ1n) is 8.51. The number of carbonyl (C=O) groups is 1. The van der Waals surface area contributed by atoms with Gasteiger partial charge in [-0.1, -0.05) is 60.7 Å². The van der Waals surface area contributed by atoms with Crippen LogP contribution in [0.15, 0.2) is 83.8 Å². The molecule has 4 aromatic rings. The maximum Gasteiger partial charge on any atom is 0.170 e. The lowest BCUT2D eigenvalue weighted by atomic mass is 10.1. The van der Waals surface area contributed by atoms with E-state index in [1.165, 1.54) is 10.5 Å². The van der Waals surface area contributed by atoms with E-state index in [0.717, 1.165) is 16.8 Å². The van der Waals surface area contributed by atoms with Gasteiger partial charge in [-0.15, -0.1) is 11.8 Å². The average molecular weight is 358 g/mol. The molecule has 0 bridgehead atoms. The van der Waals surface area contributed by atoms with E-state index < -0.39 is 0 Å². The summed E-state index contributed by atoms with van der Waals surface area (Å²) in [5.41, 5.74) is 3.88. The van der Waals surface area contributed by atoms with E-state index in [0.29, 0.717) is 11.4 Å². The second-order valence-corrected chi connectivity index (χ2v) is 7.15. The fraction of sp³-hybridized carbons (Fsp3) is 0.0909. The molecular weight excluding hydrogens is 340 g/mol.